The molecule has 0 aliphatic carbocycles. The van der Waals surface area contributed by atoms with Crippen molar-refractivity contribution in [1.82, 2.24) is 26.2 Å². The summed E-state index contributed by atoms with van der Waals surface area (Å²) in [6.07, 6.45) is 9.12. The van der Waals surface area contributed by atoms with E-state index in [-0.39, 0.29) is 53.7 Å². The summed E-state index contributed by atoms with van der Waals surface area (Å²) in [4.78, 5) is 80.4. The smallest absolute Gasteiger partial charge is 0.242 e. The van der Waals surface area contributed by atoms with Crippen LogP contribution in [0.2, 0.25) is 0 Å². The Balaban J connectivity index is 0.000000938. The summed E-state index contributed by atoms with van der Waals surface area (Å²) >= 11 is 3.25. The molecule has 1 rings (SSSR count). The van der Waals surface area contributed by atoms with Gasteiger partial charge in [0, 0.05) is 37.6 Å². The number of likely N-dealkylation sites (N-methyl/N-ethyl adjacent to an activating group) is 1. The number of carbonyl (C=O) groups excluding carboxylic acids is 7. The lowest BCUT2D eigenvalue weighted by molar-refractivity contribution is -0.138. The minimum Gasteiger partial charge on any atom is -0.355 e. The molecule has 1 heterocycles. The molecule has 2 unspecified atom stereocenters. The Morgan fingerprint density at radius 1 is 0.909 bits per heavy atom. The predicted molar refractivity (Wildman–Crippen MR) is 176 cm³/mol. The van der Waals surface area contributed by atoms with Crippen molar-refractivity contribution in [1.29, 1.82) is 0 Å². The van der Waals surface area contributed by atoms with Crippen molar-refractivity contribution in [3.8, 4) is 0 Å². The maximum Gasteiger partial charge on any atom is 0.242 e. The number of rotatable bonds is 24. The first-order chi connectivity index (χ1) is 21.0. The summed E-state index contributed by atoms with van der Waals surface area (Å²) < 4.78 is 0. The van der Waals surface area contributed by atoms with Gasteiger partial charge in [-0.15, -0.1) is 23.5 Å². The fourth-order valence-corrected chi connectivity index (χ4v) is 6.39. The van der Waals surface area contributed by atoms with Crippen LogP contribution in [-0.2, 0) is 33.6 Å². The number of likely N-dealkylation sites (tertiary alicyclic amines) is 1. The molecule has 0 aromatic heterocycles. The van der Waals surface area contributed by atoms with Gasteiger partial charge in [-0.3, -0.25) is 33.7 Å². The molecule has 1 saturated heterocycles. The zero-order valence-corrected chi connectivity index (χ0v) is 28.5. The average molecular weight is 660 g/mol. The Labute approximate surface area is 271 Å². The highest BCUT2D eigenvalue weighted by Crippen LogP contribution is 2.30. The second-order valence-electron chi connectivity index (χ2n) is 10.5. The Morgan fingerprint density at radius 3 is 2.25 bits per heavy atom. The maximum atomic E-state index is 12.4. The van der Waals surface area contributed by atoms with E-state index in [1.807, 2.05) is 6.92 Å². The van der Waals surface area contributed by atoms with Crippen LogP contribution in [0.15, 0.2) is 0 Å². The van der Waals surface area contributed by atoms with Gasteiger partial charge >= 0.3 is 0 Å². The molecule has 0 radical (unpaired) electrons. The molecule has 0 bridgehead atoms. The minimum absolute atomic E-state index is 0.00103. The van der Waals surface area contributed by atoms with Crippen molar-refractivity contribution >= 4 is 65.3 Å². The van der Waals surface area contributed by atoms with Crippen LogP contribution < -0.4 is 21.3 Å². The number of amides is 6. The van der Waals surface area contributed by atoms with E-state index in [2.05, 4.69) is 35.1 Å². The van der Waals surface area contributed by atoms with Crippen LogP contribution in [0.1, 0.15) is 98.3 Å². The van der Waals surface area contributed by atoms with E-state index < -0.39 is 0 Å². The molecule has 0 saturated carbocycles. The molecule has 4 N–H and O–H groups in total. The number of Topliss-reactive ketones (excluding diaryl/α,β-unsaturated/α-hetero) is 1. The van der Waals surface area contributed by atoms with Gasteiger partial charge in [0.2, 0.25) is 35.9 Å². The van der Waals surface area contributed by atoms with Crippen molar-refractivity contribution in [3.63, 3.8) is 0 Å². The van der Waals surface area contributed by atoms with E-state index in [4.69, 9.17) is 0 Å². The molecule has 1 aliphatic heterocycles. The van der Waals surface area contributed by atoms with Gasteiger partial charge in [-0.25, -0.2) is 0 Å². The molecule has 6 amide bonds. The lowest BCUT2D eigenvalue weighted by Crippen LogP contribution is -2.36. The van der Waals surface area contributed by atoms with E-state index in [1.165, 1.54) is 4.90 Å². The third kappa shape index (κ3) is 22.0. The summed E-state index contributed by atoms with van der Waals surface area (Å²) in [6, 6.07) is 0. The number of nitrogens with zero attached hydrogens (tertiary/aromatic N) is 1. The van der Waals surface area contributed by atoms with E-state index >= 15 is 0 Å². The second kappa shape index (κ2) is 26.8. The molecule has 12 nitrogen and oxygen atoms in total. The summed E-state index contributed by atoms with van der Waals surface area (Å²) in [6.45, 7) is 8.65. The first-order valence-electron chi connectivity index (χ1n) is 15.6. The van der Waals surface area contributed by atoms with Gasteiger partial charge in [-0.05, 0) is 51.7 Å². The molecular formula is C30H53N5O7S2. The van der Waals surface area contributed by atoms with Crippen molar-refractivity contribution in [2.24, 2.45) is 0 Å². The molecule has 2 atom stereocenters. The Morgan fingerprint density at radius 2 is 1.59 bits per heavy atom. The monoisotopic (exact) mass is 659 g/mol. The maximum absolute atomic E-state index is 12.4. The van der Waals surface area contributed by atoms with Crippen LogP contribution in [0.25, 0.3) is 0 Å². The summed E-state index contributed by atoms with van der Waals surface area (Å²) in [5.74, 6) is 1.10. The SMILES string of the molecule is CC(=O)CCCCCSCNC(=O)CNC=O.CCCC(C)SC1CC(=O)N(CCCCCC(=O)NCC(=O)NCC)C1=O. The van der Waals surface area contributed by atoms with Crippen molar-refractivity contribution in [2.75, 3.05) is 37.8 Å². The molecule has 44 heavy (non-hydrogen) atoms. The van der Waals surface area contributed by atoms with Crippen LogP contribution in [0.3, 0.4) is 0 Å². The number of imide groups is 1. The highest BCUT2D eigenvalue weighted by atomic mass is 32.2. The molecule has 0 aromatic carbocycles. The van der Waals surface area contributed by atoms with Gasteiger partial charge in [0.15, 0.2) is 0 Å². The summed E-state index contributed by atoms with van der Waals surface area (Å²) in [5, 5.41) is 10.3. The number of nitrogens with one attached hydrogen (secondary N) is 4. The van der Waals surface area contributed by atoms with Crippen LogP contribution in [-0.4, -0.2) is 94.9 Å². The average Bonchev–Trinajstić information content (AvgIpc) is 3.23. The minimum atomic E-state index is -0.237. The second-order valence-corrected chi connectivity index (χ2v) is 13.3. The molecule has 252 valence electrons. The van der Waals surface area contributed by atoms with E-state index in [1.54, 1.807) is 30.4 Å². The normalized spacial score (nSPS) is 14.7. The zero-order chi connectivity index (χ0) is 33.2. The lowest BCUT2D eigenvalue weighted by Gasteiger charge is -2.16. The van der Waals surface area contributed by atoms with Crippen molar-refractivity contribution in [3.05, 3.63) is 0 Å². The number of thioether (sulfide) groups is 2. The number of hydrogen-bond donors (Lipinski definition) is 4. The van der Waals surface area contributed by atoms with Gasteiger partial charge < -0.3 is 26.1 Å². The highest BCUT2D eigenvalue weighted by Gasteiger charge is 2.39. The quantitative estimate of drug-likeness (QED) is 0.0526. The third-order valence-electron chi connectivity index (χ3n) is 6.43. The Bertz CT molecular complexity index is 907. The fraction of sp³-hybridized carbons (Fsp3) is 0.767. The molecule has 0 aromatic rings. The van der Waals surface area contributed by atoms with E-state index in [0.717, 1.165) is 44.3 Å². The van der Waals surface area contributed by atoms with Crippen LogP contribution >= 0.6 is 23.5 Å². The predicted octanol–water partition coefficient (Wildman–Crippen LogP) is 2.54. The lowest BCUT2D eigenvalue weighted by atomic mass is 10.2. The van der Waals surface area contributed by atoms with Gasteiger partial charge in [0.1, 0.15) is 5.78 Å². The Kier molecular flexibility index (Phi) is 25.2. The zero-order valence-electron chi connectivity index (χ0n) is 26.9. The number of hydrogen-bond acceptors (Lipinski definition) is 9. The van der Waals surface area contributed by atoms with Gasteiger partial charge in [0.25, 0.3) is 0 Å². The summed E-state index contributed by atoms with van der Waals surface area (Å²) in [5.41, 5.74) is 0. The van der Waals surface area contributed by atoms with Crippen molar-refractivity contribution < 1.29 is 33.6 Å². The van der Waals surface area contributed by atoms with Gasteiger partial charge in [0.05, 0.1) is 24.2 Å². The third-order valence-corrected chi connectivity index (χ3v) is 8.76. The first kappa shape index (κ1) is 41.4. The molecular weight excluding hydrogens is 606 g/mol. The standard InChI is InChI=1S/C19H33N3O4S.C11H20N2O3S/c1-4-9-14(3)27-15-12-18(25)22(19(15)26)11-8-6-7-10-16(23)21-13-17(24)20-5-2;1-10(15)5-3-2-4-6-17-9-13-11(16)7-12-8-14/h14-15H,4-13H2,1-3H3,(H,20,24)(H,21,23);8H,2-7,9H2,1H3,(H,12,14)(H,13,16). The molecule has 1 aliphatic rings. The van der Waals surface area contributed by atoms with Gasteiger partial charge in [-0.1, -0.05) is 33.1 Å². The molecule has 14 heteroatoms. The highest BCUT2D eigenvalue weighted by molar-refractivity contribution is 8.01. The van der Waals surface area contributed by atoms with Crippen LogP contribution in [0.5, 0.6) is 0 Å². The summed E-state index contributed by atoms with van der Waals surface area (Å²) in [7, 11) is 0. The number of unbranched alkanes of at least 4 members (excludes halogenated alkanes) is 4. The fourth-order valence-electron chi connectivity index (χ4n) is 4.16. The first-order valence-corrected chi connectivity index (χ1v) is 17.7. The van der Waals surface area contributed by atoms with Gasteiger partial charge in [-0.2, -0.15) is 0 Å². The Hall–Kier alpha value is -2.61. The molecule has 0 spiro atoms. The van der Waals surface area contributed by atoms with E-state index in [9.17, 15) is 33.6 Å². The van der Waals surface area contributed by atoms with Crippen LogP contribution in [0, 0.1) is 0 Å². The largest absolute Gasteiger partial charge is 0.355 e. The number of carbonyl (C=O) groups is 7. The van der Waals surface area contributed by atoms with E-state index in [0.29, 0.717) is 62.7 Å². The number of ketones is 1. The molecule has 1 fully saturated rings. The topological polar surface area (TPSA) is 171 Å². The van der Waals surface area contributed by atoms with Crippen LogP contribution in [0.4, 0.5) is 0 Å². The van der Waals surface area contributed by atoms with Crippen molar-refractivity contribution in [2.45, 2.75) is 109 Å².